The first kappa shape index (κ1) is 15.9. The van der Waals surface area contributed by atoms with E-state index < -0.39 is 0 Å². The normalized spacial score (nSPS) is 9.91. The smallest absolute Gasteiger partial charge is 0.255 e. The van der Waals surface area contributed by atoms with Crippen LogP contribution < -0.4 is 14.8 Å². The van der Waals surface area contributed by atoms with Crippen molar-refractivity contribution in [3.05, 3.63) is 65.7 Å². The molecule has 0 aliphatic carbocycles. The molecule has 0 unspecified atom stereocenters. The second kappa shape index (κ2) is 7.52. The number of hydrogen-bond acceptors (Lipinski definition) is 3. The third-order valence-corrected chi connectivity index (χ3v) is 3.19. The lowest BCUT2D eigenvalue weighted by Crippen LogP contribution is -2.11. The predicted molar refractivity (Wildman–Crippen MR) is 88.1 cm³/mol. The minimum atomic E-state index is -0.225. The predicted octanol–water partition coefficient (Wildman–Crippen LogP) is 4.17. The highest BCUT2D eigenvalue weighted by molar-refractivity contribution is 6.32. The molecule has 22 heavy (non-hydrogen) atoms. The van der Waals surface area contributed by atoms with Gasteiger partial charge < -0.3 is 14.8 Å². The molecule has 2 rings (SSSR count). The summed E-state index contributed by atoms with van der Waals surface area (Å²) < 4.78 is 10.4. The van der Waals surface area contributed by atoms with Crippen LogP contribution in [0.2, 0.25) is 5.02 Å². The van der Waals surface area contributed by atoms with Crippen LogP contribution in [0.1, 0.15) is 10.4 Å². The van der Waals surface area contributed by atoms with Crippen LogP contribution in [0.25, 0.3) is 0 Å². The molecular formula is C17H16ClNO3. The van der Waals surface area contributed by atoms with E-state index >= 15 is 0 Å². The fourth-order valence-electron chi connectivity index (χ4n) is 1.81. The van der Waals surface area contributed by atoms with E-state index in [2.05, 4.69) is 11.9 Å². The van der Waals surface area contributed by atoms with Crippen molar-refractivity contribution in [1.82, 2.24) is 0 Å². The van der Waals surface area contributed by atoms with Gasteiger partial charge in [0, 0.05) is 11.3 Å². The number of hydrogen-bond donors (Lipinski definition) is 1. The molecule has 5 heteroatoms. The van der Waals surface area contributed by atoms with Crippen LogP contribution in [0.5, 0.6) is 11.5 Å². The highest BCUT2D eigenvalue weighted by Gasteiger charge is 2.08. The number of methoxy groups -OCH3 is 1. The van der Waals surface area contributed by atoms with E-state index in [1.165, 1.54) is 7.11 Å². The van der Waals surface area contributed by atoms with Crippen molar-refractivity contribution in [2.75, 3.05) is 19.0 Å². The molecule has 0 spiro atoms. The third kappa shape index (κ3) is 4.02. The van der Waals surface area contributed by atoms with Gasteiger partial charge in [-0.15, -0.1) is 0 Å². The number of rotatable bonds is 6. The van der Waals surface area contributed by atoms with Crippen LogP contribution in [-0.2, 0) is 0 Å². The van der Waals surface area contributed by atoms with Gasteiger partial charge in [0.2, 0.25) is 0 Å². The average molecular weight is 318 g/mol. The van der Waals surface area contributed by atoms with Gasteiger partial charge in [0.25, 0.3) is 5.91 Å². The lowest BCUT2D eigenvalue weighted by molar-refractivity contribution is 0.102. The van der Waals surface area contributed by atoms with Gasteiger partial charge in [-0.25, -0.2) is 0 Å². The van der Waals surface area contributed by atoms with Gasteiger partial charge in [-0.1, -0.05) is 24.3 Å². The highest BCUT2D eigenvalue weighted by atomic mass is 35.5. The summed E-state index contributed by atoms with van der Waals surface area (Å²) in [6.07, 6.45) is 1.66. The summed E-state index contributed by atoms with van der Waals surface area (Å²) in [5, 5.41) is 3.22. The number of benzene rings is 2. The lowest BCUT2D eigenvalue weighted by Gasteiger charge is -2.09. The Kier molecular flexibility index (Phi) is 5.44. The maximum absolute atomic E-state index is 12.2. The third-order valence-electron chi connectivity index (χ3n) is 2.89. The molecule has 0 bridgehead atoms. The summed E-state index contributed by atoms with van der Waals surface area (Å²) in [5.41, 5.74) is 1.13. The average Bonchev–Trinajstić information content (AvgIpc) is 2.53. The summed E-state index contributed by atoms with van der Waals surface area (Å²) in [6, 6.07) is 11.9. The molecule has 0 radical (unpaired) electrons. The largest absolute Gasteiger partial charge is 0.495 e. The number of ether oxygens (including phenoxy) is 2. The Morgan fingerprint density at radius 1 is 1.27 bits per heavy atom. The van der Waals surface area contributed by atoms with Gasteiger partial charge in [-0.05, 0) is 42.5 Å². The monoisotopic (exact) mass is 317 g/mol. The maximum atomic E-state index is 12.2. The Hall–Kier alpha value is -2.46. The minimum Gasteiger partial charge on any atom is -0.495 e. The standard InChI is InChI=1S/C17H16ClNO3/c1-3-10-22-14-7-4-12(5-8-14)17(20)19-13-6-9-16(21-2)15(18)11-13/h3-9,11H,1,10H2,2H3,(H,19,20). The van der Waals surface area contributed by atoms with E-state index in [0.29, 0.717) is 34.4 Å². The summed E-state index contributed by atoms with van der Waals surface area (Å²) in [5.74, 6) is 1.02. The van der Waals surface area contributed by atoms with Gasteiger partial charge in [0.05, 0.1) is 12.1 Å². The number of carbonyl (C=O) groups is 1. The van der Waals surface area contributed by atoms with Crippen molar-refractivity contribution in [2.24, 2.45) is 0 Å². The molecule has 0 heterocycles. The van der Waals surface area contributed by atoms with Crippen molar-refractivity contribution < 1.29 is 14.3 Å². The van der Waals surface area contributed by atoms with E-state index in [1.54, 1.807) is 48.5 Å². The molecule has 114 valence electrons. The molecule has 0 saturated heterocycles. The zero-order chi connectivity index (χ0) is 15.9. The van der Waals surface area contributed by atoms with Crippen LogP contribution in [0.15, 0.2) is 55.1 Å². The lowest BCUT2D eigenvalue weighted by atomic mass is 10.2. The molecule has 1 amide bonds. The van der Waals surface area contributed by atoms with Crippen LogP contribution in [0, 0.1) is 0 Å². The molecule has 1 N–H and O–H groups in total. The number of halogens is 1. The molecule has 0 atom stereocenters. The van der Waals surface area contributed by atoms with E-state index in [-0.39, 0.29) is 5.91 Å². The topological polar surface area (TPSA) is 47.6 Å². The van der Waals surface area contributed by atoms with Crippen molar-refractivity contribution in [3.8, 4) is 11.5 Å². The zero-order valence-electron chi connectivity index (χ0n) is 12.1. The van der Waals surface area contributed by atoms with Gasteiger partial charge in [-0.2, -0.15) is 0 Å². The molecule has 0 aliphatic rings. The number of carbonyl (C=O) groups excluding carboxylic acids is 1. The second-order valence-corrected chi connectivity index (χ2v) is 4.83. The first-order valence-electron chi connectivity index (χ1n) is 6.62. The molecule has 0 aromatic heterocycles. The first-order chi connectivity index (χ1) is 10.6. The van der Waals surface area contributed by atoms with Crippen LogP contribution in [-0.4, -0.2) is 19.6 Å². The molecule has 4 nitrogen and oxygen atoms in total. The maximum Gasteiger partial charge on any atom is 0.255 e. The summed E-state index contributed by atoms with van der Waals surface area (Å²) >= 11 is 6.03. The Bertz CT molecular complexity index is 668. The van der Waals surface area contributed by atoms with Crippen LogP contribution >= 0.6 is 11.6 Å². The van der Waals surface area contributed by atoms with E-state index in [4.69, 9.17) is 21.1 Å². The van der Waals surface area contributed by atoms with Crippen molar-refractivity contribution >= 4 is 23.2 Å². The van der Waals surface area contributed by atoms with Gasteiger partial charge in [0.1, 0.15) is 18.1 Å². The second-order valence-electron chi connectivity index (χ2n) is 4.43. The molecule has 2 aromatic rings. The summed E-state index contributed by atoms with van der Waals surface area (Å²) in [4.78, 5) is 12.2. The summed E-state index contributed by atoms with van der Waals surface area (Å²) in [6.45, 7) is 4.01. The van der Waals surface area contributed by atoms with Crippen molar-refractivity contribution in [1.29, 1.82) is 0 Å². The number of nitrogens with one attached hydrogen (secondary N) is 1. The zero-order valence-corrected chi connectivity index (χ0v) is 12.9. The molecule has 0 fully saturated rings. The summed E-state index contributed by atoms with van der Waals surface area (Å²) in [7, 11) is 1.54. The Morgan fingerprint density at radius 3 is 2.59 bits per heavy atom. The molecule has 0 aliphatic heterocycles. The minimum absolute atomic E-state index is 0.225. The van der Waals surface area contributed by atoms with E-state index in [0.717, 1.165) is 0 Å². The Balaban J connectivity index is 2.05. The fraction of sp³-hybridized carbons (Fsp3) is 0.118. The fourth-order valence-corrected chi connectivity index (χ4v) is 2.06. The molecule has 2 aromatic carbocycles. The van der Waals surface area contributed by atoms with Gasteiger partial charge in [-0.3, -0.25) is 4.79 Å². The Morgan fingerprint density at radius 2 is 2.00 bits per heavy atom. The van der Waals surface area contributed by atoms with Crippen molar-refractivity contribution in [2.45, 2.75) is 0 Å². The van der Waals surface area contributed by atoms with E-state index in [1.807, 2.05) is 0 Å². The van der Waals surface area contributed by atoms with Crippen LogP contribution in [0.3, 0.4) is 0 Å². The van der Waals surface area contributed by atoms with Gasteiger partial charge >= 0.3 is 0 Å². The molecule has 0 saturated carbocycles. The van der Waals surface area contributed by atoms with Gasteiger partial charge in [0.15, 0.2) is 0 Å². The van der Waals surface area contributed by atoms with Crippen molar-refractivity contribution in [3.63, 3.8) is 0 Å². The quantitative estimate of drug-likeness (QED) is 0.814. The van der Waals surface area contributed by atoms with Crippen LogP contribution in [0.4, 0.5) is 5.69 Å². The molecular weight excluding hydrogens is 302 g/mol. The highest BCUT2D eigenvalue weighted by Crippen LogP contribution is 2.27. The number of anilines is 1. The Labute approximate surface area is 134 Å². The van der Waals surface area contributed by atoms with E-state index in [9.17, 15) is 4.79 Å². The number of amides is 1. The first-order valence-corrected chi connectivity index (χ1v) is 7.00. The SMILES string of the molecule is C=CCOc1ccc(C(=O)Nc2ccc(OC)c(Cl)c2)cc1.